The van der Waals surface area contributed by atoms with Gasteiger partial charge >= 0.3 is 0 Å². The molecule has 0 N–H and O–H groups in total. The summed E-state index contributed by atoms with van der Waals surface area (Å²) in [6.07, 6.45) is 5.25. The molecule has 0 amide bonds. The summed E-state index contributed by atoms with van der Waals surface area (Å²) < 4.78 is 40.5. The lowest BCUT2D eigenvalue weighted by Crippen LogP contribution is -2.30. The predicted molar refractivity (Wildman–Crippen MR) is 124 cm³/mol. The molecule has 0 fully saturated rings. The van der Waals surface area contributed by atoms with Crippen molar-refractivity contribution >= 4 is 10.0 Å². The molecular weight excluding hydrogens is 426 g/mol. The Morgan fingerprint density at radius 3 is 1.94 bits per heavy atom. The van der Waals surface area contributed by atoms with Crippen molar-refractivity contribution in [3.05, 3.63) is 84.6 Å². The quantitative estimate of drug-likeness (QED) is 0.301. The second-order valence-corrected chi connectivity index (χ2v) is 9.20. The lowest BCUT2D eigenvalue weighted by atomic mass is 10.2. The van der Waals surface area contributed by atoms with Crippen LogP contribution in [0.2, 0.25) is 0 Å². The molecule has 7 nitrogen and oxygen atoms in total. The number of aryl methyl sites for hydroxylation is 1. The number of methoxy groups -OCH3 is 2. The number of hydrogen-bond donors (Lipinski definition) is 0. The van der Waals surface area contributed by atoms with Gasteiger partial charge in [0.25, 0.3) is 10.0 Å². The molecule has 1 heterocycles. The van der Waals surface area contributed by atoms with E-state index in [2.05, 4.69) is 11.7 Å². The Bertz CT molecular complexity index is 1060. The van der Waals surface area contributed by atoms with Crippen LogP contribution in [0.5, 0.6) is 11.5 Å². The molecule has 2 aromatic carbocycles. The number of ether oxygens (including phenoxy) is 2. The Balaban J connectivity index is 1.87. The van der Waals surface area contributed by atoms with Gasteiger partial charge in [0.15, 0.2) is 5.03 Å². The highest BCUT2D eigenvalue weighted by Crippen LogP contribution is 2.22. The summed E-state index contributed by atoms with van der Waals surface area (Å²) in [4.78, 5) is 0. The van der Waals surface area contributed by atoms with Gasteiger partial charge in [-0.1, -0.05) is 30.3 Å². The highest BCUT2D eigenvalue weighted by atomic mass is 32.2. The molecule has 0 bridgehead atoms. The molecule has 0 aliphatic carbocycles. The summed E-state index contributed by atoms with van der Waals surface area (Å²) in [6.45, 7) is 4.77. The number of hydrogen-bond acceptors (Lipinski definition) is 5. The van der Waals surface area contributed by atoms with E-state index in [0.29, 0.717) is 6.54 Å². The lowest BCUT2D eigenvalue weighted by Gasteiger charge is -2.21. The van der Waals surface area contributed by atoms with Crippen LogP contribution in [-0.4, -0.2) is 36.7 Å². The molecule has 0 saturated heterocycles. The average molecular weight is 456 g/mol. The van der Waals surface area contributed by atoms with E-state index in [-0.39, 0.29) is 18.1 Å². The van der Waals surface area contributed by atoms with Gasteiger partial charge in [0.05, 0.1) is 14.2 Å². The number of sulfonamides is 1. The van der Waals surface area contributed by atoms with Gasteiger partial charge in [0.2, 0.25) is 0 Å². The molecule has 0 aliphatic rings. The maximum Gasteiger partial charge on any atom is 0.262 e. The third-order valence-electron chi connectivity index (χ3n) is 5.05. The van der Waals surface area contributed by atoms with Gasteiger partial charge in [-0.2, -0.15) is 9.40 Å². The molecule has 170 valence electrons. The molecule has 0 atom stereocenters. The number of benzene rings is 2. The zero-order valence-corrected chi connectivity index (χ0v) is 19.3. The van der Waals surface area contributed by atoms with E-state index in [1.54, 1.807) is 31.2 Å². The van der Waals surface area contributed by atoms with Crippen LogP contribution in [0.25, 0.3) is 0 Å². The number of unbranched alkanes of at least 4 members (excludes halogenated alkanes) is 1. The number of aromatic nitrogens is 2. The van der Waals surface area contributed by atoms with Gasteiger partial charge in [-0.15, -0.1) is 6.58 Å². The Labute approximate surface area is 189 Å². The molecule has 0 spiro atoms. The number of nitrogens with zero attached hydrogens (tertiary/aromatic N) is 3. The fraction of sp³-hybridized carbons (Fsp3) is 0.292. The summed E-state index contributed by atoms with van der Waals surface area (Å²) in [5, 5.41) is 4.37. The van der Waals surface area contributed by atoms with Crippen LogP contribution in [0.4, 0.5) is 0 Å². The fourth-order valence-corrected chi connectivity index (χ4v) is 4.57. The van der Waals surface area contributed by atoms with Crippen LogP contribution in [-0.2, 0) is 29.7 Å². The summed E-state index contributed by atoms with van der Waals surface area (Å²) in [7, 11) is -0.624. The highest BCUT2D eigenvalue weighted by molar-refractivity contribution is 7.89. The largest absolute Gasteiger partial charge is 0.497 e. The lowest BCUT2D eigenvalue weighted by molar-refractivity contribution is 0.395. The van der Waals surface area contributed by atoms with E-state index in [4.69, 9.17) is 9.47 Å². The highest BCUT2D eigenvalue weighted by Gasteiger charge is 2.27. The second-order valence-electron chi connectivity index (χ2n) is 7.32. The first-order valence-electron chi connectivity index (χ1n) is 10.4. The van der Waals surface area contributed by atoms with Crippen molar-refractivity contribution in [2.75, 3.05) is 14.2 Å². The molecule has 8 heteroatoms. The van der Waals surface area contributed by atoms with E-state index in [0.717, 1.165) is 35.5 Å². The second kappa shape index (κ2) is 11.0. The van der Waals surface area contributed by atoms with Crippen molar-refractivity contribution in [1.82, 2.24) is 14.1 Å². The Morgan fingerprint density at radius 2 is 1.47 bits per heavy atom. The van der Waals surface area contributed by atoms with Crippen LogP contribution in [0.1, 0.15) is 24.0 Å². The van der Waals surface area contributed by atoms with Crippen LogP contribution < -0.4 is 9.47 Å². The summed E-state index contributed by atoms with van der Waals surface area (Å²) in [6, 6.07) is 16.3. The van der Waals surface area contributed by atoms with Crippen molar-refractivity contribution in [2.24, 2.45) is 0 Å². The first kappa shape index (κ1) is 23.6. The minimum Gasteiger partial charge on any atom is -0.497 e. The van der Waals surface area contributed by atoms with Gasteiger partial charge in [-0.3, -0.25) is 4.68 Å². The Hall–Kier alpha value is -3.10. The first-order valence-corrected chi connectivity index (χ1v) is 11.8. The molecular formula is C24H29N3O4S. The van der Waals surface area contributed by atoms with Gasteiger partial charge in [0.1, 0.15) is 11.5 Å². The molecule has 0 radical (unpaired) electrons. The maximum atomic E-state index is 13.5. The van der Waals surface area contributed by atoms with Crippen molar-refractivity contribution in [1.29, 1.82) is 0 Å². The SMILES string of the molecule is C=CCCCn1ccc(S(=O)(=O)N(Cc2ccc(OC)cc2)Cc2ccc(OC)cc2)n1. The minimum atomic E-state index is -3.82. The predicted octanol–water partition coefficient (Wildman–Crippen LogP) is 4.26. The zero-order chi connectivity index (χ0) is 23.0. The van der Waals surface area contributed by atoms with Crippen LogP contribution >= 0.6 is 0 Å². The molecule has 0 aliphatic heterocycles. The molecule has 1 aromatic heterocycles. The number of rotatable bonds is 12. The monoisotopic (exact) mass is 455 g/mol. The van der Waals surface area contributed by atoms with Crippen molar-refractivity contribution in [3.8, 4) is 11.5 Å². The topological polar surface area (TPSA) is 73.7 Å². The molecule has 3 aromatic rings. The summed E-state index contributed by atoms with van der Waals surface area (Å²) in [5.41, 5.74) is 1.71. The van der Waals surface area contributed by atoms with E-state index < -0.39 is 10.0 Å². The molecule has 0 unspecified atom stereocenters. The van der Waals surface area contributed by atoms with Gasteiger partial charge < -0.3 is 9.47 Å². The standard InChI is InChI=1S/C24H29N3O4S/c1-4-5-6-16-26-17-15-24(25-26)32(28,29)27(18-20-7-11-22(30-2)12-8-20)19-21-9-13-23(31-3)14-10-21/h4,7-15,17H,1,5-6,16,18-19H2,2-3H3. The molecule has 32 heavy (non-hydrogen) atoms. The van der Waals surface area contributed by atoms with E-state index in [9.17, 15) is 8.42 Å². The zero-order valence-electron chi connectivity index (χ0n) is 18.5. The number of allylic oxidation sites excluding steroid dienone is 1. The van der Waals surface area contributed by atoms with Gasteiger partial charge in [-0.25, -0.2) is 8.42 Å². The average Bonchev–Trinajstić information content (AvgIpc) is 3.30. The van der Waals surface area contributed by atoms with Crippen molar-refractivity contribution in [3.63, 3.8) is 0 Å². The smallest absolute Gasteiger partial charge is 0.262 e. The van der Waals surface area contributed by atoms with E-state index in [1.165, 1.54) is 4.31 Å². The van der Waals surface area contributed by atoms with E-state index >= 15 is 0 Å². The van der Waals surface area contributed by atoms with Crippen LogP contribution in [0, 0.1) is 0 Å². The normalized spacial score (nSPS) is 11.5. The van der Waals surface area contributed by atoms with Crippen molar-refractivity contribution < 1.29 is 17.9 Å². The van der Waals surface area contributed by atoms with Gasteiger partial charge in [0, 0.05) is 25.8 Å². The Morgan fingerprint density at radius 1 is 0.938 bits per heavy atom. The third kappa shape index (κ3) is 5.99. The molecule has 0 saturated carbocycles. The van der Waals surface area contributed by atoms with E-state index in [1.807, 2.05) is 54.6 Å². The first-order chi connectivity index (χ1) is 15.5. The maximum absolute atomic E-state index is 13.5. The third-order valence-corrected chi connectivity index (χ3v) is 6.74. The Kier molecular flexibility index (Phi) is 8.08. The summed E-state index contributed by atoms with van der Waals surface area (Å²) in [5.74, 6) is 1.44. The fourth-order valence-electron chi connectivity index (χ4n) is 3.23. The molecule has 3 rings (SSSR count). The van der Waals surface area contributed by atoms with Gasteiger partial charge in [-0.05, 0) is 54.3 Å². The van der Waals surface area contributed by atoms with Crippen molar-refractivity contribution in [2.45, 2.75) is 37.5 Å². The minimum absolute atomic E-state index is 0.0399. The van der Waals surface area contributed by atoms with Crippen LogP contribution in [0.15, 0.2) is 78.5 Å². The summed E-state index contributed by atoms with van der Waals surface area (Å²) >= 11 is 0. The van der Waals surface area contributed by atoms with Crippen LogP contribution in [0.3, 0.4) is 0 Å².